The summed E-state index contributed by atoms with van der Waals surface area (Å²) in [7, 11) is 0. The van der Waals surface area contributed by atoms with Gasteiger partial charge in [-0.15, -0.1) is 10.2 Å². The van der Waals surface area contributed by atoms with E-state index in [1.807, 2.05) is 0 Å². The molecule has 2 rings (SSSR count). The number of aryl methyl sites for hydroxylation is 1. The molecule has 0 saturated heterocycles. The number of hydrogen-bond donors (Lipinski definition) is 1. The van der Waals surface area contributed by atoms with Gasteiger partial charge in [0, 0.05) is 18.7 Å². The molecule has 1 aliphatic rings. The Bertz CT molecular complexity index is 485. The van der Waals surface area contributed by atoms with Crippen molar-refractivity contribution in [3.63, 3.8) is 0 Å². The van der Waals surface area contributed by atoms with E-state index >= 15 is 0 Å². The summed E-state index contributed by atoms with van der Waals surface area (Å²) in [5.74, 6) is 1.40. The molecule has 0 bridgehead atoms. The Morgan fingerprint density at radius 1 is 1.29 bits per heavy atom. The fraction of sp³-hybridized carbons (Fsp3) is 0.800. The Balaban J connectivity index is 1.74. The summed E-state index contributed by atoms with van der Waals surface area (Å²) >= 11 is 1.75. The third kappa shape index (κ3) is 4.46. The van der Waals surface area contributed by atoms with Crippen molar-refractivity contribution < 1.29 is 9.90 Å². The smallest absolute Gasteiger partial charge is 0.309 e. The van der Waals surface area contributed by atoms with Gasteiger partial charge in [0.15, 0.2) is 5.16 Å². The molecule has 0 fully saturated rings. The molecule has 5 nitrogen and oxygen atoms in total. The minimum atomic E-state index is -0.710. The Morgan fingerprint density at radius 3 is 2.86 bits per heavy atom. The lowest BCUT2D eigenvalue weighted by Gasteiger charge is -2.18. The van der Waals surface area contributed by atoms with Gasteiger partial charge in [-0.05, 0) is 39.5 Å². The Kier molecular flexibility index (Phi) is 5.67. The Labute approximate surface area is 130 Å². The van der Waals surface area contributed by atoms with Gasteiger partial charge in [0.1, 0.15) is 5.82 Å². The molecule has 1 aliphatic heterocycles. The van der Waals surface area contributed by atoms with Crippen molar-refractivity contribution in [2.24, 2.45) is 5.41 Å². The first-order chi connectivity index (χ1) is 10.0. The number of carboxylic acid groups (broad SMARTS) is 1. The molecule has 0 atom stereocenters. The van der Waals surface area contributed by atoms with Crippen molar-refractivity contribution in [2.45, 2.75) is 70.5 Å². The molecule has 0 aromatic carbocycles. The topological polar surface area (TPSA) is 68.0 Å². The predicted molar refractivity (Wildman–Crippen MR) is 83.6 cm³/mol. The quantitative estimate of drug-likeness (QED) is 0.617. The molecule has 0 aliphatic carbocycles. The number of thioether (sulfide) groups is 1. The van der Waals surface area contributed by atoms with Gasteiger partial charge in [-0.2, -0.15) is 0 Å². The van der Waals surface area contributed by atoms with Crippen LogP contribution in [0.1, 0.15) is 58.2 Å². The summed E-state index contributed by atoms with van der Waals surface area (Å²) in [6.07, 6.45) is 7.42. The van der Waals surface area contributed by atoms with E-state index in [9.17, 15) is 4.79 Å². The second-order valence-corrected chi connectivity index (χ2v) is 7.42. The van der Waals surface area contributed by atoms with E-state index in [0.717, 1.165) is 49.0 Å². The molecule has 0 saturated carbocycles. The molecule has 0 unspecified atom stereocenters. The predicted octanol–water partition coefficient (Wildman–Crippen LogP) is 3.38. The van der Waals surface area contributed by atoms with Gasteiger partial charge >= 0.3 is 5.97 Å². The number of unbranched alkanes of at least 4 members (excludes halogenated alkanes) is 1. The third-order valence-corrected chi connectivity index (χ3v) is 5.13. The molecule has 2 heterocycles. The molecule has 0 radical (unpaired) electrons. The first-order valence-corrected chi connectivity index (χ1v) is 8.77. The van der Waals surface area contributed by atoms with Crippen LogP contribution in [0, 0.1) is 5.41 Å². The highest BCUT2D eigenvalue weighted by molar-refractivity contribution is 7.99. The van der Waals surface area contributed by atoms with Gasteiger partial charge in [0.25, 0.3) is 0 Å². The molecular formula is C15H25N3O2S. The number of carbonyl (C=O) groups is 1. The van der Waals surface area contributed by atoms with E-state index < -0.39 is 11.4 Å². The van der Waals surface area contributed by atoms with Crippen LogP contribution >= 0.6 is 11.8 Å². The normalized spacial score (nSPS) is 15.5. The Morgan fingerprint density at radius 2 is 2.10 bits per heavy atom. The maximum absolute atomic E-state index is 11.0. The molecule has 21 heavy (non-hydrogen) atoms. The van der Waals surface area contributed by atoms with Crippen LogP contribution < -0.4 is 0 Å². The Hall–Kier alpha value is -1.04. The first kappa shape index (κ1) is 16.3. The van der Waals surface area contributed by atoms with Crippen LogP contribution in [0.2, 0.25) is 0 Å². The van der Waals surface area contributed by atoms with Gasteiger partial charge in [0.2, 0.25) is 0 Å². The maximum atomic E-state index is 11.0. The summed E-state index contributed by atoms with van der Waals surface area (Å²) in [4.78, 5) is 11.0. The fourth-order valence-corrected chi connectivity index (χ4v) is 3.49. The number of aliphatic carboxylic acids is 1. The van der Waals surface area contributed by atoms with E-state index in [0.29, 0.717) is 0 Å². The van der Waals surface area contributed by atoms with Crippen LogP contribution in [0.15, 0.2) is 5.16 Å². The largest absolute Gasteiger partial charge is 0.481 e. The second kappa shape index (κ2) is 7.29. The number of carboxylic acids is 1. The zero-order valence-electron chi connectivity index (χ0n) is 13.0. The number of fused-ring (bicyclic) bond motifs is 1. The second-order valence-electron chi connectivity index (χ2n) is 6.36. The third-order valence-electron chi connectivity index (χ3n) is 4.08. The van der Waals surface area contributed by atoms with Crippen molar-refractivity contribution in [3.8, 4) is 0 Å². The minimum absolute atomic E-state index is 0.614. The molecule has 0 spiro atoms. The van der Waals surface area contributed by atoms with Crippen LogP contribution in [0.25, 0.3) is 0 Å². The average Bonchev–Trinajstić information content (AvgIpc) is 2.67. The lowest BCUT2D eigenvalue weighted by Crippen LogP contribution is -2.23. The van der Waals surface area contributed by atoms with Crippen molar-refractivity contribution in [1.82, 2.24) is 14.8 Å². The first-order valence-electron chi connectivity index (χ1n) is 7.79. The van der Waals surface area contributed by atoms with Crippen molar-refractivity contribution in [3.05, 3.63) is 5.82 Å². The van der Waals surface area contributed by atoms with E-state index in [2.05, 4.69) is 14.8 Å². The van der Waals surface area contributed by atoms with Crippen LogP contribution in [-0.4, -0.2) is 31.6 Å². The highest BCUT2D eigenvalue weighted by atomic mass is 32.2. The summed E-state index contributed by atoms with van der Waals surface area (Å²) in [5, 5.41) is 18.7. The van der Waals surface area contributed by atoms with Crippen LogP contribution in [0.5, 0.6) is 0 Å². The lowest BCUT2D eigenvalue weighted by atomic mass is 9.88. The van der Waals surface area contributed by atoms with Crippen molar-refractivity contribution in [2.75, 3.05) is 5.75 Å². The molecule has 1 aromatic heterocycles. The van der Waals surface area contributed by atoms with Crippen molar-refractivity contribution >= 4 is 17.7 Å². The van der Waals surface area contributed by atoms with Gasteiger partial charge < -0.3 is 9.67 Å². The van der Waals surface area contributed by atoms with Gasteiger partial charge in [-0.1, -0.05) is 24.6 Å². The monoisotopic (exact) mass is 311 g/mol. The molecule has 1 aromatic rings. The van der Waals surface area contributed by atoms with Crippen LogP contribution in [0.3, 0.4) is 0 Å². The number of aromatic nitrogens is 3. The average molecular weight is 311 g/mol. The van der Waals surface area contributed by atoms with Gasteiger partial charge in [-0.3, -0.25) is 4.79 Å². The standard InChI is InChI=1S/C15H25N3O2S/c1-15(2,13(19)20)9-5-7-11-21-14-17-16-12-8-4-3-6-10-18(12)14/h3-11H2,1-2H3,(H,19,20). The van der Waals surface area contributed by atoms with Gasteiger partial charge in [0.05, 0.1) is 5.41 Å². The molecular weight excluding hydrogens is 286 g/mol. The zero-order chi connectivity index (χ0) is 15.3. The fourth-order valence-electron chi connectivity index (χ4n) is 2.50. The number of nitrogens with zero attached hydrogens (tertiary/aromatic N) is 3. The number of hydrogen-bond acceptors (Lipinski definition) is 4. The highest BCUT2D eigenvalue weighted by Gasteiger charge is 2.26. The molecule has 6 heteroatoms. The molecule has 0 amide bonds. The van der Waals surface area contributed by atoms with E-state index in [1.165, 1.54) is 19.3 Å². The number of rotatable bonds is 7. The van der Waals surface area contributed by atoms with Crippen LogP contribution in [-0.2, 0) is 17.8 Å². The lowest BCUT2D eigenvalue weighted by molar-refractivity contribution is -0.147. The summed E-state index contributed by atoms with van der Waals surface area (Å²) in [6, 6.07) is 0. The van der Waals surface area contributed by atoms with Gasteiger partial charge in [-0.25, -0.2) is 0 Å². The minimum Gasteiger partial charge on any atom is -0.481 e. The van der Waals surface area contributed by atoms with Crippen molar-refractivity contribution in [1.29, 1.82) is 0 Å². The van der Waals surface area contributed by atoms with Crippen LogP contribution in [0.4, 0.5) is 0 Å². The van der Waals surface area contributed by atoms with E-state index in [4.69, 9.17) is 5.11 Å². The van der Waals surface area contributed by atoms with E-state index in [-0.39, 0.29) is 0 Å². The molecule has 1 N–H and O–H groups in total. The SMILES string of the molecule is CC(C)(CCCCSc1nnc2n1CCCCC2)C(=O)O. The highest BCUT2D eigenvalue weighted by Crippen LogP contribution is 2.26. The summed E-state index contributed by atoms with van der Waals surface area (Å²) in [6.45, 7) is 4.62. The summed E-state index contributed by atoms with van der Waals surface area (Å²) in [5.41, 5.74) is -0.614. The molecule has 118 valence electrons. The van der Waals surface area contributed by atoms with E-state index in [1.54, 1.807) is 25.6 Å². The maximum Gasteiger partial charge on any atom is 0.309 e. The zero-order valence-corrected chi connectivity index (χ0v) is 13.8. The summed E-state index contributed by atoms with van der Waals surface area (Å²) < 4.78 is 2.26.